The molecule has 0 saturated heterocycles. The summed E-state index contributed by atoms with van der Waals surface area (Å²) in [5.41, 5.74) is 0.207. The molecule has 0 aliphatic rings. The van der Waals surface area contributed by atoms with Crippen LogP contribution in [0.1, 0.15) is 10.4 Å². The molecule has 0 atom stereocenters. The minimum atomic E-state index is -1.14. The number of hydrogen-bond donors (Lipinski definition) is 0. The maximum atomic E-state index is 10.5. The van der Waals surface area contributed by atoms with Gasteiger partial charge in [-0.2, -0.15) is 24.3 Å². The van der Waals surface area contributed by atoms with Gasteiger partial charge in [-0.3, -0.25) is 0 Å². The fourth-order valence-electron chi connectivity index (χ4n) is 1.25. The maximum absolute atomic E-state index is 10.5. The number of carboxylic acids is 1. The zero-order valence-electron chi connectivity index (χ0n) is 8.78. The van der Waals surface area contributed by atoms with Crippen molar-refractivity contribution in [3.05, 3.63) is 48.0 Å². The van der Waals surface area contributed by atoms with Crippen molar-refractivity contribution in [2.75, 3.05) is 0 Å². The Labute approximate surface area is 173 Å². The van der Waals surface area contributed by atoms with E-state index in [9.17, 15) is 9.90 Å². The molecule has 2 aromatic rings. The SMILES string of the molecule is O=C([O-])c1ccc2c[c-]ccc2c1.[K+].[K+]. The van der Waals surface area contributed by atoms with E-state index in [4.69, 9.17) is 0 Å². The molecule has 0 bridgehead atoms. The Balaban J connectivity index is 0.000000980. The molecule has 0 N–H and O–H groups in total. The number of aromatic carboxylic acids is 1. The van der Waals surface area contributed by atoms with Gasteiger partial charge in [-0.15, -0.1) is 16.8 Å². The van der Waals surface area contributed by atoms with E-state index >= 15 is 0 Å². The summed E-state index contributed by atoms with van der Waals surface area (Å²) in [7, 11) is 0. The molecule has 0 heterocycles. The van der Waals surface area contributed by atoms with Crippen LogP contribution in [-0.2, 0) is 0 Å². The van der Waals surface area contributed by atoms with Crippen molar-refractivity contribution < 1.29 is 113 Å². The Morgan fingerprint density at radius 3 is 2.53 bits per heavy atom. The van der Waals surface area contributed by atoms with Crippen LogP contribution < -0.4 is 108 Å². The molecule has 0 fully saturated rings. The first-order valence-electron chi connectivity index (χ1n) is 3.88. The number of rotatable bonds is 1. The van der Waals surface area contributed by atoms with Gasteiger partial charge in [0, 0.05) is 0 Å². The first-order valence-corrected chi connectivity index (χ1v) is 3.88. The van der Waals surface area contributed by atoms with Gasteiger partial charge in [0.25, 0.3) is 0 Å². The quantitative estimate of drug-likeness (QED) is 0.375. The zero-order valence-corrected chi connectivity index (χ0v) is 15.0. The zero-order chi connectivity index (χ0) is 9.26. The second-order valence-corrected chi connectivity index (χ2v) is 2.78. The van der Waals surface area contributed by atoms with Crippen molar-refractivity contribution >= 4 is 16.7 Å². The van der Waals surface area contributed by atoms with Crippen molar-refractivity contribution in [1.29, 1.82) is 0 Å². The van der Waals surface area contributed by atoms with Crippen LogP contribution in [0, 0.1) is 6.07 Å². The average molecular weight is 248 g/mol. The molecule has 2 rings (SSSR count). The molecule has 0 radical (unpaired) electrons. The van der Waals surface area contributed by atoms with Crippen LogP contribution in [-0.4, -0.2) is 5.97 Å². The Morgan fingerprint density at radius 2 is 1.87 bits per heavy atom. The molecule has 0 spiro atoms. The first kappa shape index (κ1) is 16.4. The smallest absolute Gasteiger partial charge is 0.545 e. The van der Waals surface area contributed by atoms with Gasteiger partial charge in [-0.25, -0.2) is 0 Å². The third-order valence-corrected chi connectivity index (χ3v) is 1.92. The van der Waals surface area contributed by atoms with Gasteiger partial charge in [0.05, 0.1) is 5.97 Å². The van der Waals surface area contributed by atoms with Crippen molar-refractivity contribution in [2.45, 2.75) is 0 Å². The van der Waals surface area contributed by atoms with Crippen LogP contribution in [0.25, 0.3) is 10.8 Å². The number of benzene rings is 2. The summed E-state index contributed by atoms with van der Waals surface area (Å²) in [5.74, 6) is -1.14. The summed E-state index contributed by atoms with van der Waals surface area (Å²) in [5, 5.41) is 12.4. The van der Waals surface area contributed by atoms with Gasteiger partial charge < -0.3 is 9.90 Å². The Bertz CT molecular complexity index is 469. The van der Waals surface area contributed by atoms with E-state index in [1.54, 1.807) is 18.2 Å². The van der Waals surface area contributed by atoms with Gasteiger partial charge in [0.1, 0.15) is 0 Å². The topological polar surface area (TPSA) is 40.1 Å². The minimum Gasteiger partial charge on any atom is -0.545 e. The fourth-order valence-corrected chi connectivity index (χ4v) is 1.25. The molecule has 2 aromatic carbocycles. The molecule has 0 unspecified atom stereocenters. The van der Waals surface area contributed by atoms with Crippen LogP contribution in [0.5, 0.6) is 0 Å². The molecule has 2 nitrogen and oxygen atoms in total. The third-order valence-electron chi connectivity index (χ3n) is 1.92. The van der Waals surface area contributed by atoms with Gasteiger partial charge >= 0.3 is 103 Å². The standard InChI is InChI=1S/C11H7O2.2K/c12-11(13)10-6-5-8-3-1-2-4-9(8)7-10;;/h2-7H,(H,12,13);;/q-1;2*+1/p-1. The van der Waals surface area contributed by atoms with Gasteiger partial charge in [-0.1, -0.05) is 12.1 Å². The summed E-state index contributed by atoms with van der Waals surface area (Å²) in [6.45, 7) is 0. The molecular formula is C11H6K2O2. The van der Waals surface area contributed by atoms with Crippen molar-refractivity contribution in [1.82, 2.24) is 0 Å². The molecule has 0 aliphatic heterocycles. The van der Waals surface area contributed by atoms with Crippen LogP contribution in [0.3, 0.4) is 0 Å². The first-order chi connectivity index (χ1) is 6.27. The van der Waals surface area contributed by atoms with Crippen molar-refractivity contribution in [3.8, 4) is 0 Å². The molecule has 64 valence electrons. The Kier molecular flexibility index (Phi) is 8.45. The number of carbonyl (C=O) groups excluding carboxylic acids is 1. The molecule has 0 saturated carbocycles. The number of carbonyl (C=O) groups is 1. The molecule has 0 amide bonds. The maximum Gasteiger partial charge on any atom is 1.00 e. The van der Waals surface area contributed by atoms with E-state index in [1.807, 2.05) is 12.1 Å². The van der Waals surface area contributed by atoms with E-state index in [2.05, 4.69) is 6.07 Å². The summed E-state index contributed by atoms with van der Waals surface area (Å²) in [4.78, 5) is 10.5. The summed E-state index contributed by atoms with van der Waals surface area (Å²) in [6, 6.07) is 13.2. The predicted octanol–water partition coefficient (Wildman–Crippen LogP) is -4.99. The third kappa shape index (κ3) is 4.31. The summed E-state index contributed by atoms with van der Waals surface area (Å²) in [6.07, 6.45) is 0. The number of fused-ring (bicyclic) bond motifs is 1. The van der Waals surface area contributed by atoms with Crippen LogP contribution in [0.2, 0.25) is 0 Å². The monoisotopic (exact) mass is 248 g/mol. The number of hydrogen-bond acceptors (Lipinski definition) is 2. The van der Waals surface area contributed by atoms with Gasteiger partial charge in [-0.05, 0) is 5.56 Å². The average Bonchev–Trinajstić information content (AvgIpc) is 2.17. The molecule has 4 heteroatoms. The fraction of sp³-hybridized carbons (Fsp3) is 0. The second kappa shape index (κ2) is 7.71. The van der Waals surface area contributed by atoms with E-state index in [1.165, 1.54) is 6.07 Å². The van der Waals surface area contributed by atoms with Gasteiger partial charge in [0.15, 0.2) is 0 Å². The molecule has 15 heavy (non-hydrogen) atoms. The normalized spacial score (nSPS) is 8.80. The Hall–Kier alpha value is 1.44. The van der Waals surface area contributed by atoms with Crippen LogP contribution in [0.4, 0.5) is 0 Å². The van der Waals surface area contributed by atoms with E-state index < -0.39 is 5.97 Å². The molecular weight excluding hydrogens is 242 g/mol. The minimum absolute atomic E-state index is 0. The molecule has 0 aromatic heterocycles. The van der Waals surface area contributed by atoms with E-state index in [-0.39, 0.29) is 108 Å². The largest absolute Gasteiger partial charge is 1.00 e. The number of carboxylic acid groups (broad SMARTS) is 1. The van der Waals surface area contributed by atoms with Crippen LogP contribution >= 0.6 is 0 Å². The Morgan fingerprint density at radius 1 is 1.13 bits per heavy atom. The summed E-state index contributed by atoms with van der Waals surface area (Å²) < 4.78 is 0. The second-order valence-electron chi connectivity index (χ2n) is 2.78. The van der Waals surface area contributed by atoms with Crippen molar-refractivity contribution in [3.63, 3.8) is 0 Å². The molecule has 0 aliphatic carbocycles. The van der Waals surface area contributed by atoms with E-state index in [0.717, 1.165) is 10.8 Å². The van der Waals surface area contributed by atoms with Crippen LogP contribution in [0.15, 0.2) is 36.4 Å². The summed E-state index contributed by atoms with van der Waals surface area (Å²) >= 11 is 0. The van der Waals surface area contributed by atoms with Crippen molar-refractivity contribution in [2.24, 2.45) is 0 Å². The van der Waals surface area contributed by atoms with E-state index in [0.29, 0.717) is 0 Å². The predicted molar refractivity (Wildman–Crippen MR) is 47.1 cm³/mol. The van der Waals surface area contributed by atoms with Gasteiger partial charge in [0.2, 0.25) is 0 Å².